The van der Waals surface area contributed by atoms with E-state index in [1.165, 1.54) is 46.8 Å². The van der Waals surface area contributed by atoms with Gasteiger partial charge in [-0.2, -0.15) is 4.31 Å². The molecule has 36 heavy (non-hydrogen) atoms. The van der Waals surface area contributed by atoms with Crippen molar-refractivity contribution < 1.29 is 21.6 Å². The van der Waals surface area contributed by atoms with Crippen LogP contribution in [0.5, 0.6) is 0 Å². The molecule has 0 unspecified atom stereocenters. The van der Waals surface area contributed by atoms with Crippen molar-refractivity contribution >= 4 is 48.9 Å². The maximum Gasteiger partial charge on any atom is 0.261 e. The molecule has 0 spiro atoms. The smallest absolute Gasteiger partial charge is 0.261 e. The molecule has 0 aromatic heterocycles. The van der Waals surface area contributed by atoms with Crippen LogP contribution in [0.3, 0.4) is 0 Å². The van der Waals surface area contributed by atoms with Crippen LogP contribution in [0.15, 0.2) is 82.6 Å². The van der Waals surface area contributed by atoms with Gasteiger partial charge in [0.25, 0.3) is 15.9 Å². The minimum atomic E-state index is -3.81. The lowest BCUT2D eigenvalue weighted by Gasteiger charge is -2.20. The first-order chi connectivity index (χ1) is 17.2. The molecule has 1 fully saturated rings. The molecule has 1 heterocycles. The zero-order valence-corrected chi connectivity index (χ0v) is 21.7. The predicted molar refractivity (Wildman–Crippen MR) is 140 cm³/mol. The summed E-state index contributed by atoms with van der Waals surface area (Å²) >= 11 is 6.22. The fourth-order valence-electron chi connectivity index (χ4n) is 3.91. The van der Waals surface area contributed by atoms with E-state index in [0.29, 0.717) is 24.5 Å². The van der Waals surface area contributed by atoms with Crippen LogP contribution >= 0.6 is 11.6 Å². The first-order valence-electron chi connectivity index (χ1n) is 11.5. The highest BCUT2D eigenvalue weighted by Crippen LogP contribution is 2.26. The van der Waals surface area contributed by atoms with Crippen molar-refractivity contribution in [2.45, 2.75) is 35.5 Å². The van der Waals surface area contributed by atoms with Gasteiger partial charge in [-0.1, -0.05) is 42.6 Å². The molecule has 8 nitrogen and oxygen atoms in total. The zero-order chi connectivity index (χ0) is 25.8. The number of anilines is 2. The van der Waals surface area contributed by atoms with E-state index >= 15 is 0 Å². The third-order valence-corrected chi connectivity index (χ3v) is 9.46. The van der Waals surface area contributed by atoms with Crippen LogP contribution in [-0.4, -0.2) is 40.1 Å². The zero-order valence-electron chi connectivity index (χ0n) is 19.4. The van der Waals surface area contributed by atoms with Crippen molar-refractivity contribution in [3.63, 3.8) is 0 Å². The van der Waals surface area contributed by atoms with E-state index in [-0.39, 0.29) is 20.4 Å². The molecule has 11 heteroatoms. The highest BCUT2D eigenvalue weighted by atomic mass is 35.5. The summed E-state index contributed by atoms with van der Waals surface area (Å²) in [7, 11) is -7.57. The molecule has 3 aromatic rings. The van der Waals surface area contributed by atoms with Gasteiger partial charge in [-0.3, -0.25) is 9.52 Å². The number of halogens is 1. The SMILES string of the molecule is O=C(Nc1ccc(S(=O)(=O)Nc2ccccc2)cc1)c1cc(S(=O)(=O)N2CCCCCC2)ccc1Cl. The molecule has 0 aliphatic carbocycles. The second-order valence-corrected chi connectivity index (χ2v) is 12.4. The topological polar surface area (TPSA) is 113 Å². The molecule has 1 aliphatic heterocycles. The van der Waals surface area contributed by atoms with Crippen LogP contribution < -0.4 is 10.0 Å². The van der Waals surface area contributed by atoms with Crippen molar-refractivity contribution in [1.29, 1.82) is 0 Å². The number of hydrogen-bond acceptors (Lipinski definition) is 5. The average molecular weight is 548 g/mol. The summed E-state index contributed by atoms with van der Waals surface area (Å²) in [5.74, 6) is -0.606. The van der Waals surface area contributed by atoms with Crippen LogP contribution in [0, 0.1) is 0 Å². The summed E-state index contributed by atoms with van der Waals surface area (Å²) in [5.41, 5.74) is 0.769. The molecule has 1 amide bonds. The van der Waals surface area contributed by atoms with Crippen LogP contribution in [-0.2, 0) is 20.0 Å². The molecule has 4 rings (SSSR count). The molecule has 1 aliphatic rings. The van der Waals surface area contributed by atoms with E-state index in [1.807, 2.05) is 0 Å². The number of nitrogens with one attached hydrogen (secondary N) is 2. The first kappa shape index (κ1) is 26.2. The fourth-order valence-corrected chi connectivity index (χ4v) is 6.71. The van der Waals surface area contributed by atoms with Gasteiger partial charge in [0.2, 0.25) is 10.0 Å². The molecular formula is C25H26ClN3O5S2. The van der Waals surface area contributed by atoms with Gasteiger partial charge in [-0.05, 0) is 67.4 Å². The van der Waals surface area contributed by atoms with Gasteiger partial charge < -0.3 is 5.32 Å². The van der Waals surface area contributed by atoms with E-state index in [4.69, 9.17) is 11.6 Å². The maximum absolute atomic E-state index is 13.1. The summed E-state index contributed by atoms with van der Waals surface area (Å²) in [6.07, 6.45) is 3.57. The van der Waals surface area contributed by atoms with Gasteiger partial charge in [0.15, 0.2) is 0 Å². The molecule has 3 aromatic carbocycles. The Kier molecular flexibility index (Phi) is 7.99. The molecule has 0 saturated carbocycles. The minimum absolute atomic E-state index is 0.00683. The molecule has 190 valence electrons. The van der Waals surface area contributed by atoms with Gasteiger partial charge in [0, 0.05) is 24.5 Å². The summed E-state index contributed by atoms with van der Waals surface area (Å²) < 4.78 is 55.4. The third-order valence-electron chi connectivity index (χ3n) is 5.83. The number of carbonyl (C=O) groups excluding carboxylic acids is 1. The first-order valence-corrected chi connectivity index (χ1v) is 14.8. The Morgan fingerprint density at radius 3 is 2.00 bits per heavy atom. The fraction of sp³-hybridized carbons (Fsp3) is 0.240. The molecule has 0 radical (unpaired) electrons. The summed E-state index contributed by atoms with van der Waals surface area (Å²) in [5, 5.41) is 2.75. The lowest BCUT2D eigenvalue weighted by molar-refractivity contribution is 0.102. The Hall–Kier alpha value is -2.92. The van der Waals surface area contributed by atoms with Gasteiger partial charge in [-0.15, -0.1) is 0 Å². The number of carbonyl (C=O) groups is 1. The van der Waals surface area contributed by atoms with E-state index in [0.717, 1.165) is 25.7 Å². The van der Waals surface area contributed by atoms with Crippen LogP contribution in [0.2, 0.25) is 5.02 Å². The highest BCUT2D eigenvalue weighted by Gasteiger charge is 2.26. The standard InChI is InChI=1S/C25H26ClN3O5S2/c26-24-15-14-22(36(33,34)29-16-6-1-2-7-17-29)18-23(24)25(30)27-19-10-12-21(13-11-19)35(31,32)28-20-8-4-3-5-9-20/h3-5,8-15,18,28H,1-2,6-7,16-17H2,(H,27,30). The quantitative estimate of drug-likeness (QED) is 0.434. The summed E-state index contributed by atoms with van der Waals surface area (Å²) in [6.45, 7) is 0.891. The Labute approximate surface area is 216 Å². The number of sulfonamides is 2. The normalized spacial score (nSPS) is 15.1. The van der Waals surface area contributed by atoms with Crippen molar-refractivity contribution in [3.05, 3.63) is 83.4 Å². The molecule has 2 N–H and O–H groups in total. The van der Waals surface area contributed by atoms with Gasteiger partial charge in [0.05, 0.1) is 20.4 Å². The van der Waals surface area contributed by atoms with Gasteiger partial charge in [-0.25, -0.2) is 16.8 Å². The number of hydrogen-bond donors (Lipinski definition) is 2. The van der Waals surface area contributed by atoms with E-state index in [1.54, 1.807) is 30.3 Å². The molecule has 0 atom stereocenters. The van der Waals surface area contributed by atoms with Crippen molar-refractivity contribution in [2.75, 3.05) is 23.1 Å². The minimum Gasteiger partial charge on any atom is -0.322 e. The Bertz CT molecular complexity index is 1440. The molecular weight excluding hydrogens is 522 g/mol. The number of amides is 1. The van der Waals surface area contributed by atoms with Crippen LogP contribution in [0.25, 0.3) is 0 Å². The predicted octanol–water partition coefficient (Wildman–Crippen LogP) is 4.96. The van der Waals surface area contributed by atoms with Crippen molar-refractivity contribution in [1.82, 2.24) is 4.31 Å². The third kappa shape index (κ3) is 6.07. The molecule has 1 saturated heterocycles. The van der Waals surface area contributed by atoms with Gasteiger partial charge in [0.1, 0.15) is 0 Å². The van der Waals surface area contributed by atoms with Crippen LogP contribution in [0.1, 0.15) is 36.0 Å². The van der Waals surface area contributed by atoms with Crippen molar-refractivity contribution in [2.24, 2.45) is 0 Å². The van der Waals surface area contributed by atoms with E-state index in [2.05, 4.69) is 10.0 Å². The summed E-state index contributed by atoms with van der Waals surface area (Å²) in [6, 6.07) is 18.2. The van der Waals surface area contributed by atoms with Crippen LogP contribution in [0.4, 0.5) is 11.4 Å². The molecule has 0 bridgehead atoms. The number of nitrogens with zero attached hydrogens (tertiary/aromatic N) is 1. The Morgan fingerprint density at radius 2 is 1.36 bits per heavy atom. The monoisotopic (exact) mass is 547 g/mol. The second-order valence-electron chi connectivity index (χ2n) is 8.41. The lowest BCUT2D eigenvalue weighted by Crippen LogP contribution is -2.32. The Morgan fingerprint density at radius 1 is 0.750 bits per heavy atom. The largest absolute Gasteiger partial charge is 0.322 e. The Balaban J connectivity index is 1.50. The van der Waals surface area contributed by atoms with E-state index < -0.39 is 26.0 Å². The van der Waals surface area contributed by atoms with Gasteiger partial charge >= 0.3 is 0 Å². The maximum atomic E-state index is 13.1. The number of rotatable bonds is 7. The van der Waals surface area contributed by atoms with Crippen molar-refractivity contribution in [3.8, 4) is 0 Å². The van der Waals surface area contributed by atoms with E-state index in [9.17, 15) is 21.6 Å². The highest BCUT2D eigenvalue weighted by molar-refractivity contribution is 7.92. The second kappa shape index (κ2) is 11.0. The summed E-state index contributed by atoms with van der Waals surface area (Å²) in [4.78, 5) is 13.0. The number of para-hydroxylation sites is 1. The number of benzene rings is 3. The average Bonchev–Trinajstić information content (AvgIpc) is 3.15. The lowest BCUT2D eigenvalue weighted by atomic mass is 10.2.